The molecule has 0 saturated carbocycles. The molecular formula is C20H21ClN4. The summed E-state index contributed by atoms with van der Waals surface area (Å²) in [5.74, 6) is 0.832. The molecule has 2 N–H and O–H groups in total. The summed E-state index contributed by atoms with van der Waals surface area (Å²) in [5, 5.41) is 5.03. The lowest BCUT2D eigenvalue weighted by Gasteiger charge is -2.15. The lowest BCUT2D eigenvalue weighted by Crippen LogP contribution is -2.07. The van der Waals surface area contributed by atoms with E-state index in [0.29, 0.717) is 5.02 Å². The van der Waals surface area contributed by atoms with Crippen LogP contribution in [0.4, 0.5) is 5.82 Å². The third-order valence-corrected chi connectivity index (χ3v) is 4.39. The van der Waals surface area contributed by atoms with E-state index in [0.717, 1.165) is 28.1 Å². The maximum Gasteiger partial charge on any atom is 0.138 e. The molecule has 1 aromatic carbocycles. The normalized spacial score (nSPS) is 12.2. The van der Waals surface area contributed by atoms with Crippen molar-refractivity contribution in [2.45, 2.75) is 13.0 Å². The molecule has 3 heterocycles. The lowest BCUT2D eigenvalue weighted by molar-refractivity contribution is 0.875. The highest BCUT2D eigenvalue weighted by Gasteiger charge is 2.11. The second-order valence-corrected chi connectivity index (χ2v) is 6.37. The second-order valence-electron chi connectivity index (χ2n) is 5.94. The van der Waals surface area contributed by atoms with Crippen molar-refractivity contribution in [1.29, 1.82) is 0 Å². The van der Waals surface area contributed by atoms with Crippen LogP contribution in [0, 0.1) is 0 Å². The summed E-state index contributed by atoms with van der Waals surface area (Å²) in [6.45, 7) is 2.12. The van der Waals surface area contributed by atoms with Gasteiger partial charge in [0, 0.05) is 32.2 Å². The Morgan fingerprint density at radius 2 is 1.96 bits per heavy atom. The number of aromatic nitrogens is 3. The number of rotatable bonds is 4. The maximum absolute atomic E-state index is 6.09. The molecule has 0 fully saturated rings. The fraction of sp³-hybridized carbons (Fsp3) is 0.100. The molecule has 128 valence electrons. The SMILES string of the molecule is C[C@H](Nc1cccc(-c2c[nH]c3ncc(Cl)cc23)n1)c1ccccc1.[HH].[HH]. The van der Waals surface area contributed by atoms with Crippen molar-refractivity contribution in [3.8, 4) is 11.3 Å². The molecule has 4 nitrogen and oxygen atoms in total. The van der Waals surface area contributed by atoms with Crippen molar-refractivity contribution in [2.24, 2.45) is 0 Å². The molecule has 0 aliphatic rings. The lowest BCUT2D eigenvalue weighted by atomic mass is 10.1. The minimum absolute atomic E-state index is 0. The van der Waals surface area contributed by atoms with Gasteiger partial charge in [-0.05, 0) is 30.7 Å². The van der Waals surface area contributed by atoms with E-state index in [4.69, 9.17) is 16.6 Å². The van der Waals surface area contributed by atoms with E-state index in [1.807, 2.05) is 48.7 Å². The van der Waals surface area contributed by atoms with E-state index in [1.54, 1.807) is 6.20 Å². The van der Waals surface area contributed by atoms with Crippen molar-refractivity contribution < 1.29 is 2.85 Å². The first-order valence-corrected chi connectivity index (χ1v) is 8.50. The van der Waals surface area contributed by atoms with E-state index in [2.05, 4.69) is 34.3 Å². The average Bonchev–Trinajstić information content (AvgIpc) is 3.05. The zero-order chi connectivity index (χ0) is 17.2. The Labute approximate surface area is 153 Å². The highest BCUT2D eigenvalue weighted by molar-refractivity contribution is 6.31. The van der Waals surface area contributed by atoms with Gasteiger partial charge in [0.05, 0.1) is 10.7 Å². The van der Waals surface area contributed by atoms with E-state index in [-0.39, 0.29) is 8.90 Å². The van der Waals surface area contributed by atoms with Crippen LogP contribution >= 0.6 is 11.6 Å². The highest BCUT2D eigenvalue weighted by Crippen LogP contribution is 2.29. The van der Waals surface area contributed by atoms with Gasteiger partial charge in [-0.3, -0.25) is 0 Å². The van der Waals surface area contributed by atoms with Gasteiger partial charge in [0.2, 0.25) is 0 Å². The smallest absolute Gasteiger partial charge is 0.138 e. The van der Waals surface area contributed by atoms with Gasteiger partial charge in [-0.1, -0.05) is 48.0 Å². The van der Waals surface area contributed by atoms with Crippen LogP contribution in [0.25, 0.3) is 22.3 Å². The molecule has 0 amide bonds. The van der Waals surface area contributed by atoms with Gasteiger partial charge in [-0.2, -0.15) is 0 Å². The fourth-order valence-corrected chi connectivity index (χ4v) is 3.06. The van der Waals surface area contributed by atoms with Crippen LogP contribution in [0.3, 0.4) is 0 Å². The largest absolute Gasteiger partial charge is 0.364 e. The molecule has 0 spiro atoms. The Kier molecular flexibility index (Phi) is 4.12. The Hall–Kier alpha value is -2.85. The van der Waals surface area contributed by atoms with E-state index in [9.17, 15) is 0 Å². The van der Waals surface area contributed by atoms with Crippen LogP contribution in [0.5, 0.6) is 0 Å². The van der Waals surface area contributed by atoms with Gasteiger partial charge in [0.15, 0.2) is 0 Å². The van der Waals surface area contributed by atoms with Crippen molar-refractivity contribution >= 4 is 28.5 Å². The summed E-state index contributed by atoms with van der Waals surface area (Å²) in [6.07, 6.45) is 3.55. The Morgan fingerprint density at radius 1 is 1.12 bits per heavy atom. The number of aromatic amines is 1. The van der Waals surface area contributed by atoms with E-state index >= 15 is 0 Å². The molecule has 25 heavy (non-hydrogen) atoms. The number of benzene rings is 1. The quantitative estimate of drug-likeness (QED) is 0.477. The zero-order valence-electron chi connectivity index (χ0n) is 13.7. The molecule has 0 radical (unpaired) electrons. The minimum atomic E-state index is 0. The first kappa shape index (κ1) is 15.7. The maximum atomic E-state index is 6.09. The average molecular weight is 353 g/mol. The number of pyridine rings is 2. The summed E-state index contributed by atoms with van der Waals surface area (Å²) in [7, 11) is 0. The van der Waals surface area contributed by atoms with Crippen LogP contribution in [0.2, 0.25) is 5.02 Å². The predicted octanol–water partition coefficient (Wildman–Crippen LogP) is 5.94. The summed E-state index contributed by atoms with van der Waals surface area (Å²) >= 11 is 6.09. The summed E-state index contributed by atoms with van der Waals surface area (Å²) in [5.41, 5.74) is 3.89. The topological polar surface area (TPSA) is 53.6 Å². The molecule has 4 rings (SSSR count). The third-order valence-electron chi connectivity index (χ3n) is 4.19. The first-order chi connectivity index (χ1) is 12.2. The van der Waals surface area contributed by atoms with Crippen LogP contribution in [-0.4, -0.2) is 15.0 Å². The molecule has 0 aliphatic carbocycles. The highest BCUT2D eigenvalue weighted by atomic mass is 35.5. The number of fused-ring (bicyclic) bond motifs is 1. The summed E-state index contributed by atoms with van der Waals surface area (Å²) in [4.78, 5) is 12.2. The summed E-state index contributed by atoms with van der Waals surface area (Å²) in [6, 6.07) is 18.4. The van der Waals surface area contributed by atoms with E-state index in [1.165, 1.54) is 5.56 Å². The number of nitrogens with one attached hydrogen (secondary N) is 2. The second kappa shape index (κ2) is 6.57. The Morgan fingerprint density at radius 3 is 2.80 bits per heavy atom. The van der Waals surface area contributed by atoms with Gasteiger partial charge in [-0.25, -0.2) is 9.97 Å². The van der Waals surface area contributed by atoms with Gasteiger partial charge in [-0.15, -0.1) is 0 Å². The first-order valence-electron chi connectivity index (χ1n) is 8.12. The van der Waals surface area contributed by atoms with Gasteiger partial charge < -0.3 is 10.3 Å². The molecular weight excluding hydrogens is 332 g/mol. The van der Waals surface area contributed by atoms with Crippen molar-refractivity contribution in [3.63, 3.8) is 0 Å². The molecule has 3 aromatic heterocycles. The van der Waals surface area contributed by atoms with E-state index < -0.39 is 0 Å². The van der Waals surface area contributed by atoms with Crippen molar-refractivity contribution in [2.75, 3.05) is 5.32 Å². The van der Waals surface area contributed by atoms with Crippen LogP contribution in [0.15, 0.2) is 67.0 Å². The number of hydrogen-bond acceptors (Lipinski definition) is 3. The number of anilines is 1. The predicted molar refractivity (Wildman–Crippen MR) is 107 cm³/mol. The third kappa shape index (κ3) is 3.21. The van der Waals surface area contributed by atoms with Crippen LogP contribution < -0.4 is 5.32 Å². The van der Waals surface area contributed by atoms with Crippen molar-refractivity contribution in [3.05, 3.63) is 77.6 Å². The molecule has 0 saturated heterocycles. The number of halogens is 1. The molecule has 4 aromatic rings. The number of hydrogen-bond donors (Lipinski definition) is 2. The standard InChI is InChI=1S/C20H17ClN4.2H2/c1-13(14-6-3-2-4-7-14)24-19-9-5-8-18(25-19)17-12-23-20-16(17)10-15(21)11-22-20;;/h2-13H,1H3,(H,22,23)(H,24,25);2*1H/t13-;;/m0../s1. The number of H-pyrrole nitrogens is 1. The monoisotopic (exact) mass is 352 g/mol. The molecule has 0 aliphatic heterocycles. The van der Waals surface area contributed by atoms with Gasteiger partial charge in [0.25, 0.3) is 0 Å². The van der Waals surface area contributed by atoms with Gasteiger partial charge >= 0.3 is 0 Å². The van der Waals surface area contributed by atoms with Gasteiger partial charge in [0.1, 0.15) is 11.5 Å². The number of nitrogens with zero attached hydrogens (tertiary/aromatic N) is 2. The van der Waals surface area contributed by atoms with Crippen LogP contribution in [0.1, 0.15) is 21.4 Å². The Bertz CT molecular complexity index is 1020. The molecule has 0 unspecified atom stereocenters. The molecule has 1 atom stereocenters. The Balaban J connectivity index is 0.00000131. The zero-order valence-corrected chi connectivity index (χ0v) is 14.5. The molecule has 0 bridgehead atoms. The van der Waals surface area contributed by atoms with Crippen molar-refractivity contribution in [1.82, 2.24) is 15.0 Å². The minimum Gasteiger partial charge on any atom is -0.364 e. The van der Waals surface area contributed by atoms with Crippen LogP contribution in [-0.2, 0) is 0 Å². The fourth-order valence-electron chi connectivity index (χ4n) is 2.90. The summed E-state index contributed by atoms with van der Waals surface area (Å²) < 4.78 is 0. The molecule has 5 heteroatoms.